The van der Waals surface area contributed by atoms with Crippen molar-refractivity contribution in [3.05, 3.63) is 137 Å². The predicted octanol–water partition coefficient (Wildman–Crippen LogP) is 6.82. The van der Waals surface area contributed by atoms with Gasteiger partial charge in [0.05, 0.1) is 5.57 Å². The van der Waals surface area contributed by atoms with Gasteiger partial charge in [-0.15, -0.1) is 0 Å². The Morgan fingerprint density at radius 1 is 0.714 bits per heavy atom. The van der Waals surface area contributed by atoms with Crippen molar-refractivity contribution in [2.24, 2.45) is 0 Å². The minimum Gasteiger partial charge on any atom is -0.507 e. The van der Waals surface area contributed by atoms with Crippen LogP contribution in [0.5, 0.6) is 0 Å². The van der Waals surface area contributed by atoms with Crippen LogP contribution < -0.4 is 0 Å². The van der Waals surface area contributed by atoms with E-state index in [1.54, 1.807) is 48.6 Å². The van der Waals surface area contributed by atoms with Crippen LogP contribution in [0.1, 0.15) is 36.6 Å². The number of aldehydes is 1. The van der Waals surface area contributed by atoms with E-state index in [9.17, 15) is 19.5 Å². The average Bonchev–Trinajstić information content (AvgIpc) is 3.12. The zero-order valence-corrected chi connectivity index (χ0v) is 18.6. The maximum Gasteiger partial charge on any atom is 0.197 e. The summed E-state index contributed by atoms with van der Waals surface area (Å²) in [4.78, 5) is 36.9. The Morgan fingerprint density at radius 3 is 1.94 bits per heavy atom. The highest BCUT2D eigenvalue weighted by atomic mass is 16.3. The Hall–Kier alpha value is -4.83. The van der Waals surface area contributed by atoms with Crippen LogP contribution >= 0.6 is 0 Å². The second-order valence-electron chi connectivity index (χ2n) is 8.21. The van der Waals surface area contributed by atoms with Gasteiger partial charge >= 0.3 is 0 Å². The maximum atomic E-state index is 12.8. The number of aliphatic hydroxyl groups excluding tert-OH is 1. The second kappa shape index (κ2) is 9.20. The van der Waals surface area contributed by atoms with Gasteiger partial charge < -0.3 is 5.11 Å². The molecule has 1 aliphatic carbocycles. The standard InChI is InChI=1S/C31H20O4/c32-19-24-15-20-9-5-6-10-21(20)16-26(24)29(33)14-4-2-1-3-13-25-30(34)27-17-22-11-7-8-12-23(22)18-28(27)31(25)35/h1-19,34H/b2-1+,13-3+,14-4+. The molecular weight excluding hydrogens is 436 g/mol. The summed E-state index contributed by atoms with van der Waals surface area (Å²) in [5, 5.41) is 14.3. The summed E-state index contributed by atoms with van der Waals surface area (Å²) in [6, 6.07) is 22.3. The van der Waals surface area contributed by atoms with Crippen LogP contribution in [0.3, 0.4) is 0 Å². The monoisotopic (exact) mass is 456 g/mol. The Labute approximate surface area is 201 Å². The molecule has 0 aliphatic heterocycles. The van der Waals surface area contributed by atoms with Gasteiger partial charge in [0.2, 0.25) is 0 Å². The van der Waals surface area contributed by atoms with Gasteiger partial charge in [-0.1, -0.05) is 72.8 Å². The van der Waals surface area contributed by atoms with Gasteiger partial charge in [-0.05, 0) is 58.0 Å². The van der Waals surface area contributed by atoms with Gasteiger partial charge in [0, 0.05) is 22.3 Å². The van der Waals surface area contributed by atoms with Crippen molar-refractivity contribution in [3.8, 4) is 0 Å². The molecule has 4 heteroatoms. The lowest BCUT2D eigenvalue weighted by molar-refractivity contribution is 0.103. The van der Waals surface area contributed by atoms with Crippen molar-refractivity contribution in [1.82, 2.24) is 0 Å². The van der Waals surface area contributed by atoms with Gasteiger partial charge in [0.25, 0.3) is 0 Å². The van der Waals surface area contributed by atoms with Crippen molar-refractivity contribution in [1.29, 1.82) is 0 Å². The zero-order chi connectivity index (χ0) is 24.4. The van der Waals surface area contributed by atoms with Gasteiger partial charge in [0.15, 0.2) is 17.9 Å². The molecule has 0 fully saturated rings. The first-order valence-corrected chi connectivity index (χ1v) is 11.1. The maximum absolute atomic E-state index is 12.8. The fraction of sp³-hybridized carbons (Fsp3) is 0. The Bertz CT molecular complexity index is 1650. The van der Waals surface area contributed by atoms with Crippen molar-refractivity contribution in [2.75, 3.05) is 0 Å². The number of fused-ring (bicyclic) bond motifs is 3. The number of carbonyl (C=O) groups is 3. The van der Waals surface area contributed by atoms with Gasteiger partial charge in [0.1, 0.15) is 5.76 Å². The van der Waals surface area contributed by atoms with E-state index in [2.05, 4.69) is 0 Å². The Kier molecular flexibility index (Phi) is 5.78. The number of ketones is 2. The molecular formula is C31H20O4. The molecule has 0 aromatic heterocycles. The molecule has 4 aromatic carbocycles. The molecule has 1 aliphatic rings. The fourth-order valence-corrected chi connectivity index (χ4v) is 4.26. The van der Waals surface area contributed by atoms with E-state index in [-0.39, 0.29) is 22.9 Å². The number of Topliss-reactive ketones (excluding diaryl/α,β-unsaturated/α-hetero) is 1. The first kappa shape index (κ1) is 22.0. The lowest BCUT2D eigenvalue weighted by Gasteiger charge is -2.04. The molecule has 4 nitrogen and oxygen atoms in total. The van der Waals surface area contributed by atoms with Crippen molar-refractivity contribution >= 4 is 45.2 Å². The molecule has 0 radical (unpaired) electrons. The van der Waals surface area contributed by atoms with Gasteiger partial charge in [-0.2, -0.15) is 0 Å². The number of rotatable bonds is 6. The smallest absolute Gasteiger partial charge is 0.197 e. The van der Waals surface area contributed by atoms with E-state index >= 15 is 0 Å². The number of allylic oxidation sites excluding steroid dienone is 7. The predicted molar refractivity (Wildman–Crippen MR) is 139 cm³/mol. The molecule has 0 amide bonds. The van der Waals surface area contributed by atoms with Crippen LogP contribution in [0, 0.1) is 0 Å². The molecule has 5 rings (SSSR count). The molecule has 0 spiro atoms. The number of aliphatic hydroxyl groups is 1. The lowest BCUT2D eigenvalue weighted by atomic mass is 9.98. The van der Waals surface area contributed by atoms with Gasteiger partial charge in [-0.25, -0.2) is 0 Å². The summed E-state index contributed by atoms with van der Waals surface area (Å²) in [7, 11) is 0. The zero-order valence-electron chi connectivity index (χ0n) is 18.6. The SMILES string of the molecule is O=Cc1cc2ccccc2cc1C(=O)/C=C/C=C/C=C/C1=C(O)c2cc3ccccc3cc2C1=O. The fourth-order valence-electron chi connectivity index (χ4n) is 4.26. The summed E-state index contributed by atoms with van der Waals surface area (Å²) in [5.74, 6) is -0.541. The van der Waals surface area contributed by atoms with Crippen molar-refractivity contribution < 1.29 is 19.5 Å². The van der Waals surface area contributed by atoms with E-state index in [0.29, 0.717) is 28.5 Å². The quantitative estimate of drug-likeness (QED) is 0.150. The molecule has 0 heterocycles. The molecule has 0 saturated heterocycles. The number of hydrogen-bond donors (Lipinski definition) is 1. The summed E-state index contributed by atoms with van der Waals surface area (Å²) in [6.45, 7) is 0. The molecule has 168 valence electrons. The third kappa shape index (κ3) is 4.13. The van der Waals surface area contributed by atoms with E-state index in [1.807, 2.05) is 54.6 Å². The normalized spacial score (nSPS) is 13.7. The second-order valence-corrected chi connectivity index (χ2v) is 8.21. The Morgan fingerprint density at radius 2 is 1.29 bits per heavy atom. The first-order chi connectivity index (χ1) is 17.1. The molecule has 0 atom stereocenters. The molecule has 0 saturated carbocycles. The summed E-state index contributed by atoms with van der Waals surface area (Å²) in [6.07, 6.45) is 10.2. The topological polar surface area (TPSA) is 71.4 Å². The van der Waals surface area contributed by atoms with E-state index in [0.717, 1.165) is 21.5 Å². The number of benzene rings is 4. The highest BCUT2D eigenvalue weighted by molar-refractivity contribution is 6.22. The molecule has 4 aromatic rings. The number of carbonyl (C=O) groups excluding carboxylic acids is 3. The largest absolute Gasteiger partial charge is 0.507 e. The molecule has 0 unspecified atom stereocenters. The van der Waals surface area contributed by atoms with Crippen LogP contribution in [0.2, 0.25) is 0 Å². The summed E-state index contributed by atoms with van der Waals surface area (Å²) < 4.78 is 0. The average molecular weight is 456 g/mol. The Balaban J connectivity index is 1.31. The van der Waals surface area contributed by atoms with E-state index < -0.39 is 0 Å². The summed E-state index contributed by atoms with van der Waals surface area (Å²) >= 11 is 0. The highest BCUT2D eigenvalue weighted by Gasteiger charge is 2.28. The van der Waals surface area contributed by atoms with Gasteiger partial charge in [-0.3, -0.25) is 14.4 Å². The number of hydrogen-bond acceptors (Lipinski definition) is 4. The van der Waals surface area contributed by atoms with Crippen LogP contribution in [-0.4, -0.2) is 23.0 Å². The minimum absolute atomic E-state index is 0.0381. The van der Waals surface area contributed by atoms with Crippen molar-refractivity contribution in [2.45, 2.75) is 0 Å². The van der Waals surface area contributed by atoms with E-state index in [4.69, 9.17) is 0 Å². The third-order valence-corrected chi connectivity index (χ3v) is 6.04. The van der Waals surface area contributed by atoms with Crippen LogP contribution in [0.25, 0.3) is 27.3 Å². The van der Waals surface area contributed by atoms with E-state index in [1.165, 1.54) is 6.08 Å². The van der Waals surface area contributed by atoms with Crippen LogP contribution in [0.15, 0.2) is 115 Å². The highest BCUT2D eigenvalue weighted by Crippen LogP contribution is 2.34. The third-order valence-electron chi connectivity index (χ3n) is 6.04. The molecule has 35 heavy (non-hydrogen) atoms. The summed E-state index contributed by atoms with van der Waals surface area (Å²) in [5.41, 5.74) is 1.93. The lowest BCUT2D eigenvalue weighted by Crippen LogP contribution is -2.00. The first-order valence-electron chi connectivity index (χ1n) is 11.1. The van der Waals surface area contributed by atoms with Crippen LogP contribution in [-0.2, 0) is 0 Å². The molecule has 1 N–H and O–H groups in total. The minimum atomic E-state index is -0.277. The van der Waals surface area contributed by atoms with Crippen molar-refractivity contribution in [3.63, 3.8) is 0 Å². The molecule has 0 bridgehead atoms. The van der Waals surface area contributed by atoms with Crippen LogP contribution in [0.4, 0.5) is 0 Å².